The lowest BCUT2D eigenvalue weighted by Crippen LogP contribution is -1.85. The van der Waals surface area contributed by atoms with E-state index in [2.05, 4.69) is 39.6 Å². The SMILES string of the molecule is CC#Cc1ccc2c(C=O)c(O)ccc2c1.CC#Cc1ccc2cc(O)ccc2c1.Oc1ccc2cc(Br)ccc2c1. The van der Waals surface area contributed by atoms with Crippen molar-refractivity contribution in [2.45, 2.75) is 13.8 Å². The average Bonchev–Trinajstić information content (AvgIpc) is 2.98. The van der Waals surface area contributed by atoms with E-state index >= 15 is 0 Å². The Morgan fingerprint density at radius 3 is 1.64 bits per heavy atom. The largest absolute Gasteiger partial charge is 0.508 e. The molecule has 206 valence electrons. The topological polar surface area (TPSA) is 77.8 Å². The predicted molar refractivity (Wildman–Crippen MR) is 175 cm³/mol. The number of hydrogen-bond donors (Lipinski definition) is 3. The molecule has 0 heterocycles. The average molecular weight is 616 g/mol. The number of fused-ring (bicyclic) bond motifs is 3. The number of carbonyl (C=O) groups excluding carboxylic acids is 1. The van der Waals surface area contributed by atoms with Crippen molar-refractivity contribution in [2.75, 3.05) is 0 Å². The van der Waals surface area contributed by atoms with Crippen molar-refractivity contribution in [3.8, 4) is 40.9 Å². The number of benzene rings is 6. The summed E-state index contributed by atoms with van der Waals surface area (Å²) in [5.74, 6) is 12.3. The van der Waals surface area contributed by atoms with E-state index < -0.39 is 0 Å². The van der Waals surface area contributed by atoms with E-state index in [1.807, 2.05) is 67.6 Å². The van der Waals surface area contributed by atoms with Gasteiger partial charge in [-0.3, -0.25) is 4.79 Å². The summed E-state index contributed by atoms with van der Waals surface area (Å²) in [5, 5.41) is 33.9. The van der Waals surface area contributed by atoms with Gasteiger partial charge in [-0.1, -0.05) is 64.2 Å². The third-order valence-electron chi connectivity index (χ3n) is 6.30. The fraction of sp³-hybridized carbons (Fsp3) is 0.0541. The second-order valence-corrected chi connectivity index (χ2v) is 10.1. The molecule has 0 bridgehead atoms. The van der Waals surface area contributed by atoms with E-state index in [0.717, 1.165) is 47.9 Å². The van der Waals surface area contributed by atoms with Gasteiger partial charge in [0, 0.05) is 15.6 Å². The van der Waals surface area contributed by atoms with E-state index in [1.165, 1.54) is 6.07 Å². The summed E-state index contributed by atoms with van der Waals surface area (Å²) in [4.78, 5) is 10.9. The molecule has 42 heavy (non-hydrogen) atoms. The third kappa shape index (κ3) is 7.49. The van der Waals surface area contributed by atoms with Crippen LogP contribution in [0.3, 0.4) is 0 Å². The smallest absolute Gasteiger partial charge is 0.154 e. The van der Waals surface area contributed by atoms with Crippen LogP contribution in [0.1, 0.15) is 35.3 Å². The lowest BCUT2D eigenvalue weighted by molar-refractivity contribution is 0.112. The summed E-state index contributed by atoms with van der Waals surface area (Å²) in [6, 6.07) is 31.4. The van der Waals surface area contributed by atoms with Gasteiger partial charge < -0.3 is 15.3 Å². The second-order valence-electron chi connectivity index (χ2n) is 9.22. The Kier molecular flexibility index (Phi) is 9.85. The van der Waals surface area contributed by atoms with Crippen molar-refractivity contribution in [2.24, 2.45) is 0 Å². The molecule has 0 saturated heterocycles. The van der Waals surface area contributed by atoms with Crippen LogP contribution in [0, 0.1) is 23.7 Å². The Hall–Kier alpha value is -5.23. The van der Waals surface area contributed by atoms with Crippen molar-refractivity contribution in [1.29, 1.82) is 0 Å². The minimum Gasteiger partial charge on any atom is -0.508 e. The van der Waals surface area contributed by atoms with E-state index in [4.69, 9.17) is 0 Å². The minimum atomic E-state index is 0.0109. The van der Waals surface area contributed by atoms with E-state index in [-0.39, 0.29) is 5.75 Å². The van der Waals surface area contributed by atoms with Crippen LogP contribution in [0.25, 0.3) is 32.3 Å². The summed E-state index contributed by atoms with van der Waals surface area (Å²) >= 11 is 3.39. The Morgan fingerprint density at radius 2 is 1.05 bits per heavy atom. The number of hydrogen-bond acceptors (Lipinski definition) is 4. The number of carbonyl (C=O) groups is 1. The molecule has 5 heteroatoms. The molecular formula is C37H27BrO4. The Balaban J connectivity index is 0.000000146. The van der Waals surface area contributed by atoms with Gasteiger partial charge >= 0.3 is 0 Å². The zero-order valence-electron chi connectivity index (χ0n) is 23.0. The Bertz CT molecular complexity index is 2000. The molecule has 0 unspecified atom stereocenters. The molecule has 0 saturated carbocycles. The van der Waals surface area contributed by atoms with Gasteiger partial charge in [-0.25, -0.2) is 0 Å². The van der Waals surface area contributed by atoms with Crippen LogP contribution in [0.5, 0.6) is 17.2 Å². The highest BCUT2D eigenvalue weighted by Crippen LogP contribution is 2.26. The fourth-order valence-corrected chi connectivity index (χ4v) is 4.73. The number of rotatable bonds is 1. The van der Waals surface area contributed by atoms with Crippen molar-refractivity contribution in [3.63, 3.8) is 0 Å². The van der Waals surface area contributed by atoms with Gasteiger partial charge in [0.1, 0.15) is 17.2 Å². The monoisotopic (exact) mass is 614 g/mol. The zero-order valence-corrected chi connectivity index (χ0v) is 24.6. The van der Waals surface area contributed by atoms with Crippen molar-refractivity contribution < 1.29 is 20.1 Å². The lowest BCUT2D eigenvalue weighted by Gasteiger charge is -2.03. The molecule has 6 aromatic carbocycles. The van der Waals surface area contributed by atoms with Crippen LogP contribution in [0.15, 0.2) is 108 Å². The van der Waals surface area contributed by atoms with Gasteiger partial charge in [0.15, 0.2) is 6.29 Å². The molecule has 0 radical (unpaired) electrons. The molecule has 0 aromatic heterocycles. The molecule has 0 fully saturated rings. The van der Waals surface area contributed by atoms with Gasteiger partial charge in [0.2, 0.25) is 0 Å². The molecular weight excluding hydrogens is 588 g/mol. The quantitative estimate of drug-likeness (QED) is 0.128. The summed E-state index contributed by atoms with van der Waals surface area (Å²) < 4.78 is 1.06. The first kappa shape index (κ1) is 29.7. The molecule has 0 aliphatic heterocycles. The number of aldehydes is 1. The number of aromatic hydroxyl groups is 3. The number of phenols is 3. The van der Waals surface area contributed by atoms with Crippen molar-refractivity contribution in [3.05, 3.63) is 124 Å². The highest BCUT2D eigenvalue weighted by atomic mass is 79.9. The van der Waals surface area contributed by atoms with E-state index in [9.17, 15) is 20.1 Å². The van der Waals surface area contributed by atoms with Crippen LogP contribution in [-0.4, -0.2) is 21.6 Å². The van der Waals surface area contributed by atoms with Crippen LogP contribution < -0.4 is 0 Å². The van der Waals surface area contributed by atoms with Crippen LogP contribution in [-0.2, 0) is 0 Å². The first-order chi connectivity index (χ1) is 20.3. The van der Waals surface area contributed by atoms with E-state index in [1.54, 1.807) is 43.3 Å². The van der Waals surface area contributed by atoms with Gasteiger partial charge in [-0.15, -0.1) is 11.8 Å². The fourth-order valence-electron chi connectivity index (χ4n) is 4.35. The summed E-state index contributed by atoms with van der Waals surface area (Å²) in [6.07, 6.45) is 0.669. The van der Waals surface area contributed by atoms with Crippen LogP contribution >= 0.6 is 15.9 Å². The first-order valence-corrected chi connectivity index (χ1v) is 13.8. The highest BCUT2D eigenvalue weighted by molar-refractivity contribution is 9.10. The normalized spacial score (nSPS) is 9.79. The highest BCUT2D eigenvalue weighted by Gasteiger charge is 2.05. The minimum absolute atomic E-state index is 0.0109. The molecule has 4 nitrogen and oxygen atoms in total. The lowest BCUT2D eigenvalue weighted by atomic mass is 10.0. The number of halogens is 1. The molecule has 6 rings (SSSR count). The maximum Gasteiger partial charge on any atom is 0.154 e. The molecule has 0 spiro atoms. The molecule has 0 aliphatic carbocycles. The maximum absolute atomic E-state index is 10.9. The number of phenolic OH excluding ortho intramolecular Hbond substituents is 3. The van der Waals surface area contributed by atoms with Crippen LogP contribution in [0.4, 0.5) is 0 Å². The first-order valence-electron chi connectivity index (χ1n) is 13.0. The van der Waals surface area contributed by atoms with Crippen LogP contribution in [0.2, 0.25) is 0 Å². The Labute approximate surface area is 253 Å². The van der Waals surface area contributed by atoms with Gasteiger partial charge in [0.05, 0.1) is 5.56 Å². The molecule has 0 atom stereocenters. The van der Waals surface area contributed by atoms with Gasteiger partial charge in [0.25, 0.3) is 0 Å². The standard InChI is InChI=1S/C14H10O2.C13H10O.C10H7BrO/c1-2-3-10-4-6-12-11(8-10)5-7-14(16)13(12)9-15;1-2-3-10-4-5-12-9-13(14)7-6-11(12)8-10;11-9-3-1-8-6-10(12)4-2-7(8)5-9/h4-9,16H,1H3;4-9,14H,1H3;1-6,12H. The van der Waals surface area contributed by atoms with E-state index in [0.29, 0.717) is 23.3 Å². The molecule has 3 N–H and O–H groups in total. The summed E-state index contributed by atoms with van der Waals surface area (Å²) in [6.45, 7) is 3.60. The third-order valence-corrected chi connectivity index (χ3v) is 6.80. The molecule has 0 amide bonds. The van der Waals surface area contributed by atoms with Crippen molar-refractivity contribution in [1.82, 2.24) is 0 Å². The summed E-state index contributed by atoms with van der Waals surface area (Å²) in [7, 11) is 0. The van der Waals surface area contributed by atoms with Gasteiger partial charge in [-0.2, -0.15) is 0 Å². The van der Waals surface area contributed by atoms with Crippen molar-refractivity contribution >= 4 is 54.5 Å². The molecule has 6 aromatic rings. The predicted octanol–water partition coefficient (Wildman–Crippen LogP) is 8.95. The maximum atomic E-state index is 10.9. The summed E-state index contributed by atoms with van der Waals surface area (Å²) in [5.41, 5.74) is 2.23. The molecule has 0 aliphatic rings. The Morgan fingerprint density at radius 1 is 0.571 bits per heavy atom. The van der Waals surface area contributed by atoms with Gasteiger partial charge in [-0.05, 0) is 113 Å². The second kappa shape index (κ2) is 13.9. The zero-order chi connectivity index (χ0) is 30.1.